The van der Waals surface area contributed by atoms with Gasteiger partial charge in [0.2, 0.25) is 0 Å². The van der Waals surface area contributed by atoms with Crippen molar-refractivity contribution >= 4 is 5.82 Å². The van der Waals surface area contributed by atoms with Crippen molar-refractivity contribution in [1.29, 1.82) is 0 Å². The molecule has 0 spiro atoms. The first-order valence-corrected chi connectivity index (χ1v) is 6.96. The third-order valence-electron chi connectivity index (χ3n) is 3.41. The molecule has 0 radical (unpaired) electrons. The van der Waals surface area contributed by atoms with Crippen LogP contribution in [0.4, 0.5) is 10.2 Å². The van der Waals surface area contributed by atoms with E-state index in [2.05, 4.69) is 17.2 Å². The maximum Gasteiger partial charge on any atom is 0.170 e. The molecule has 1 aromatic rings. The molecule has 1 fully saturated rings. The van der Waals surface area contributed by atoms with Crippen LogP contribution in [0.2, 0.25) is 0 Å². The molecule has 0 aliphatic carbocycles. The minimum atomic E-state index is -0.208. The maximum absolute atomic E-state index is 14.4. The van der Waals surface area contributed by atoms with Crippen LogP contribution in [-0.4, -0.2) is 37.3 Å². The SMILES string of the molecule is CCNCc1ccnc(N2CCOC(CC)C2)c1F. The van der Waals surface area contributed by atoms with Gasteiger partial charge in [-0.15, -0.1) is 0 Å². The van der Waals surface area contributed by atoms with Crippen LogP contribution in [0.3, 0.4) is 0 Å². The Morgan fingerprint density at radius 2 is 2.37 bits per heavy atom. The van der Waals surface area contributed by atoms with Crippen LogP contribution in [0, 0.1) is 5.82 Å². The third kappa shape index (κ3) is 3.42. The Kier molecular flexibility index (Phi) is 5.10. The van der Waals surface area contributed by atoms with Gasteiger partial charge in [-0.3, -0.25) is 0 Å². The number of rotatable bonds is 5. The second-order valence-corrected chi connectivity index (χ2v) is 4.74. The van der Waals surface area contributed by atoms with E-state index in [0.29, 0.717) is 37.6 Å². The molecule has 2 rings (SSSR count). The van der Waals surface area contributed by atoms with E-state index in [4.69, 9.17) is 4.74 Å². The second kappa shape index (κ2) is 6.82. The van der Waals surface area contributed by atoms with E-state index in [9.17, 15) is 4.39 Å². The van der Waals surface area contributed by atoms with Crippen LogP contribution in [0.15, 0.2) is 12.3 Å². The highest BCUT2D eigenvalue weighted by molar-refractivity contribution is 5.43. The van der Waals surface area contributed by atoms with E-state index in [0.717, 1.165) is 13.0 Å². The lowest BCUT2D eigenvalue weighted by Crippen LogP contribution is -2.43. The summed E-state index contributed by atoms with van der Waals surface area (Å²) in [6, 6.07) is 1.74. The summed E-state index contributed by atoms with van der Waals surface area (Å²) in [4.78, 5) is 6.20. The Hall–Kier alpha value is -1.20. The van der Waals surface area contributed by atoms with Crippen molar-refractivity contribution in [2.75, 3.05) is 31.1 Å². The zero-order valence-corrected chi connectivity index (χ0v) is 11.7. The fourth-order valence-electron chi connectivity index (χ4n) is 2.25. The summed E-state index contributed by atoms with van der Waals surface area (Å²) in [5, 5.41) is 3.14. The van der Waals surface area contributed by atoms with Crippen LogP contribution in [0.5, 0.6) is 0 Å². The minimum Gasteiger partial charge on any atom is -0.375 e. The van der Waals surface area contributed by atoms with Gasteiger partial charge in [-0.25, -0.2) is 9.37 Å². The molecular formula is C14H22FN3O. The second-order valence-electron chi connectivity index (χ2n) is 4.74. The first-order valence-electron chi connectivity index (χ1n) is 6.96. The predicted octanol–water partition coefficient (Wildman–Crippen LogP) is 1.95. The fourth-order valence-corrected chi connectivity index (χ4v) is 2.25. The molecule has 0 amide bonds. The molecule has 1 aliphatic heterocycles. The van der Waals surface area contributed by atoms with Gasteiger partial charge in [0, 0.05) is 31.4 Å². The summed E-state index contributed by atoms with van der Waals surface area (Å²) in [6.07, 6.45) is 2.80. The Labute approximate surface area is 114 Å². The number of hydrogen-bond acceptors (Lipinski definition) is 4. The van der Waals surface area contributed by atoms with Crippen LogP contribution in [0.1, 0.15) is 25.8 Å². The molecule has 2 heterocycles. The van der Waals surface area contributed by atoms with Gasteiger partial charge in [-0.1, -0.05) is 13.8 Å². The molecule has 1 aromatic heterocycles. The summed E-state index contributed by atoms with van der Waals surface area (Å²) in [5.74, 6) is 0.248. The van der Waals surface area contributed by atoms with Gasteiger partial charge in [0.15, 0.2) is 11.6 Å². The predicted molar refractivity (Wildman–Crippen MR) is 73.8 cm³/mol. The summed E-state index contributed by atoms with van der Waals surface area (Å²) in [5.41, 5.74) is 0.673. The maximum atomic E-state index is 14.4. The first kappa shape index (κ1) is 14.2. The highest BCUT2D eigenvalue weighted by Crippen LogP contribution is 2.22. The Morgan fingerprint density at radius 1 is 1.53 bits per heavy atom. The highest BCUT2D eigenvalue weighted by Gasteiger charge is 2.23. The molecule has 1 saturated heterocycles. The number of anilines is 1. The summed E-state index contributed by atoms with van der Waals surface area (Å²) in [6.45, 7) is 7.51. The molecule has 1 aliphatic rings. The number of nitrogens with zero attached hydrogens (tertiary/aromatic N) is 2. The average molecular weight is 267 g/mol. The molecule has 4 nitrogen and oxygen atoms in total. The summed E-state index contributed by atoms with van der Waals surface area (Å²) < 4.78 is 20.0. The molecular weight excluding hydrogens is 245 g/mol. The number of ether oxygens (including phenoxy) is 1. The van der Waals surface area contributed by atoms with Crippen molar-refractivity contribution in [3.05, 3.63) is 23.6 Å². The summed E-state index contributed by atoms with van der Waals surface area (Å²) in [7, 11) is 0. The molecule has 0 bridgehead atoms. The smallest absolute Gasteiger partial charge is 0.170 e. The van der Waals surface area contributed by atoms with Crippen LogP contribution >= 0.6 is 0 Å². The van der Waals surface area contributed by atoms with E-state index in [1.54, 1.807) is 12.3 Å². The quantitative estimate of drug-likeness (QED) is 0.885. The lowest BCUT2D eigenvalue weighted by atomic mass is 10.2. The van der Waals surface area contributed by atoms with Crippen molar-refractivity contribution < 1.29 is 9.13 Å². The largest absolute Gasteiger partial charge is 0.375 e. The Bertz CT molecular complexity index is 414. The van der Waals surface area contributed by atoms with Gasteiger partial charge in [-0.2, -0.15) is 0 Å². The van der Waals surface area contributed by atoms with Crippen molar-refractivity contribution in [3.8, 4) is 0 Å². The van der Waals surface area contributed by atoms with E-state index in [-0.39, 0.29) is 11.9 Å². The van der Waals surface area contributed by atoms with Crippen molar-refractivity contribution in [2.24, 2.45) is 0 Å². The number of aromatic nitrogens is 1. The van der Waals surface area contributed by atoms with Crippen molar-refractivity contribution in [2.45, 2.75) is 32.9 Å². The normalized spacial score (nSPS) is 19.7. The highest BCUT2D eigenvalue weighted by atomic mass is 19.1. The fraction of sp³-hybridized carbons (Fsp3) is 0.643. The van der Waals surface area contributed by atoms with Crippen LogP contribution < -0.4 is 10.2 Å². The number of halogens is 1. The van der Waals surface area contributed by atoms with Crippen LogP contribution in [-0.2, 0) is 11.3 Å². The monoisotopic (exact) mass is 267 g/mol. The minimum absolute atomic E-state index is 0.173. The van der Waals surface area contributed by atoms with E-state index >= 15 is 0 Å². The summed E-state index contributed by atoms with van der Waals surface area (Å²) >= 11 is 0. The van der Waals surface area contributed by atoms with Crippen molar-refractivity contribution in [3.63, 3.8) is 0 Å². The van der Waals surface area contributed by atoms with Gasteiger partial charge in [0.25, 0.3) is 0 Å². The van der Waals surface area contributed by atoms with E-state index < -0.39 is 0 Å². The third-order valence-corrected chi connectivity index (χ3v) is 3.41. The average Bonchev–Trinajstić information content (AvgIpc) is 2.46. The van der Waals surface area contributed by atoms with Gasteiger partial charge in [-0.05, 0) is 19.0 Å². The topological polar surface area (TPSA) is 37.4 Å². The standard InChI is InChI=1S/C14H22FN3O/c1-3-12-10-18(7-8-19-12)14-13(15)11(5-6-17-14)9-16-4-2/h5-6,12,16H,3-4,7-10H2,1-2H3. The Balaban J connectivity index is 2.14. The molecule has 1 atom stereocenters. The molecule has 0 saturated carbocycles. The molecule has 19 heavy (non-hydrogen) atoms. The molecule has 106 valence electrons. The molecule has 5 heteroatoms. The molecule has 0 aromatic carbocycles. The lowest BCUT2D eigenvalue weighted by Gasteiger charge is -2.33. The number of morpholine rings is 1. The number of nitrogens with one attached hydrogen (secondary N) is 1. The number of hydrogen-bond donors (Lipinski definition) is 1. The van der Waals surface area contributed by atoms with Crippen LogP contribution in [0.25, 0.3) is 0 Å². The Morgan fingerprint density at radius 3 is 3.11 bits per heavy atom. The van der Waals surface area contributed by atoms with Gasteiger partial charge < -0.3 is 15.0 Å². The zero-order valence-electron chi connectivity index (χ0n) is 11.7. The van der Waals surface area contributed by atoms with Gasteiger partial charge in [0.05, 0.1) is 12.7 Å². The van der Waals surface area contributed by atoms with E-state index in [1.165, 1.54) is 0 Å². The van der Waals surface area contributed by atoms with Gasteiger partial charge in [0.1, 0.15) is 0 Å². The first-order chi connectivity index (χ1) is 9.26. The zero-order chi connectivity index (χ0) is 13.7. The lowest BCUT2D eigenvalue weighted by molar-refractivity contribution is 0.0379. The molecule has 1 unspecified atom stereocenters. The van der Waals surface area contributed by atoms with Crippen molar-refractivity contribution in [1.82, 2.24) is 10.3 Å². The molecule has 1 N–H and O–H groups in total. The number of pyridine rings is 1. The van der Waals surface area contributed by atoms with Gasteiger partial charge >= 0.3 is 0 Å². The van der Waals surface area contributed by atoms with E-state index in [1.807, 2.05) is 11.8 Å².